The van der Waals surface area contributed by atoms with Gasteiger partial charge < -0.3 is 4.90 Å². The molecule has 1 aromatic heterocycles. The molecule has 1 fully saturated rings. The Bertz CT molecular complexity index is 697. The lowest BCUT2D eigenvalue weighted by atomic mass is 10.1. The van der Waals surface area contributed by atoms with Gasteiger partial charge in [0, 0.05) is 18.1 Å². The summed E-state index contributed by atoms with van der Waals surface area (Å²) in [5.41, 5.74) is 0.702. The maximum atomic E-state index is 12.5. The summed E-state index contributed by atoms with van der Waals surface area (Å²) in [6.07, 6.45) is 4.00. The molecule has 1 aliphatic heterocycles. The third-order valence-corrected chi connectivity index (χ3v) is 4.39. The van der Waals surface area contributed by atoms with Crippen LogP contribution in [-0.2, 0) is 6.54 Å². The fourth-order valence-corrected chi connectivity index (χ4v) is 3.29. The molecule has 4 nitrogen and oxygen atoms in total. The molecule has 21 heavy (non-hydrogen) atoms. The number of rotatable bonds is 4. The SMILES string of the molecule is CCCN1CC[C@H](Cn2cnc3cc(Cl)ccc3c2=O)C1. The average Bonchev–Trinajstić information content (AvgIpc) is 2.90. The molecule has 0 radical (unpaired) electrons. The van der Waals surface area contributed by atoms with Crippen molar-refractivity contribution in [2.45, 2.75) is 26.3 Å². The first-order valence-corrected chi connectivity index (χ1v) is 7.92. The van der Waals surface area contributed by atoms with E-state index in [-0.39, 0.29) is 5.56 Å². The minimum atomic E-state index is 0.0330. The van der Waals surface area contributed by atoms with Crippen molar-refractivity contribution >= 4 is 22.5 Å². The molecule has 0 aliphatic carbocycles. The minimum absolute atomic E-state index is 0.0330. The molecule has 2 heterocycles. The first-order chi connectivity index (χ1) is 10.2. The average molecular weight is 306 g/mol. The number of halogens is 1. The van der Waals surface area contributed by atoms with Crippen LogP contribution >= 0.6 is 11.6 Å². The van der Waals surface area contributed by atoms with Gasteiger partial charge in [0.1, 0.15) is 0 Å². The highest BCUT2D eigenvalue weighted by atomic mass is 35.5. The van der Waals surface area contributed by atoms with E-state index in [1.54, 1.807) is 29.1 Å². The maximum absolute atomic E-state index is 12.5. The lowest BCUT2D eigenvalue weighted by Crippen LogP contribution is -2.27. The lowest BCUT2D eigenvalue weighted by molar-refractivity contribution is 0.316. The van der Waals surface area contributed by atoms with Gasteiger partial charge in [-0.05, 0) is 50.0 Å². The van der Waals surface area contributed by atoms with E-state index in [4.69, 9.17) is 11.6 Å². The van der Waals surface area contributed by atoms with Crippen molar-refractivity contribution in [3.63, 3.8) is 0 Å². The van der Waals surface area contributed by atoms with Crippen molar-refractivity contribution in [2.75, 3.05) is 19.6 Å². The van der Waals surface area contributed by atoms with E-state index in [9.17, 15) is 4.79 Å². The Morgan fingerprint density at radius 2 is 2.29 bits per heavy atom. The van der Waals surface area contributed by atoms with Gasteiger partial charge >= 0.3 is 0 Å². The number of likely N-dealkylation sites (tertiary alicyclic amines) is 1. The Labute approximate surface area is 129 Å². The van der Waals surface area contributed by atoms with Crippen LogP contribution in [0.2, 0.25) is 5.02 Å². The number of aromatic nitrogens is 2. The molecule has 0 N–H and O–H groups in total. The summed E-state index contributed by atoms with van der Waals surface area (Å²) >= 11 is 5.94. The lowest BCUT2D eigenvalue weighted by Gasteiger charge is -2.15. The molecule has 0 amide bonds. The second-order valence-corrected chi connectivity index (χ2v) is 6.26. The fourth-order valence-electron chi connectivity index (χ4n) is 3.12. The second kappa shape index (κ2) is 6.16. The van der Waals surface area contributed by atoms with Crippen LogP contribution in [0.4, 0.5) is 0 Å². The highest BCUT2D eigenvalue weighted by molar-refractivity contribution is 6.31. The molecule has 1 aliphatic rings. The van der Waals surface area contributed by atoms with Crippen molar-refractivity contribution < 1.29 is 0 Å². The predicted octanol–water partition coefficient (Wildman–Crippen LogP) is 2.78. The highest BCUT2D eigenvalue weighted by Gasteiger charge is 2.22. The van der Waals surface area contributed by atoms with Crippen LogP contribution in [0.25, 0.3) is 10.9 Å². The van der Waals surface area contributed by atoms with Crippen molar-refractivity contribution in [1.29, 1.82) is 0 Å². The third-order valence-electron chi connectivity index (χ3n) is 4.15. The van der Waals surface area contributed by atoms with Crippen LogP contribution < -0.4 is 5.56 Å². The Morgan fingerprint density at radius 3 is 3.10 bits per heavy atom. The van der Waals surface area contributed by atoms with E-state index in [1.807, 2.05) is 0 Å². The monoisotopic (exact) mass is 305 g/mol. The second-order valence-electron chi connectivity index (χ2n) is 5.82. The van der Waals surface area contributed by atoms with Crippen LogP contribution in [0.1, 0.15) is 19.8 Å². The van der Waals surface area contributed by atoms with E-state index < -0.39 is 0 Å². The van der Waals surface area contributed by atoms with Gasteiger partial charge in [0.25, 0.3) is 5.56 Å². The molecule has 112 valence electrons. The number of fused-ring (bicyclic) bond motifs is 1. The molecule has 2 aromatic rings. The van der Waals surface area contributed by atoms with Gasteiger partial charge in [0.2, 0.25) is 0 Å². The topological polar surface area (TPSA) is 38.1 Å². The van der Waals surface area contributed by atoms with Crippen LogP contribution in [0.5, 0.6) is 0 Å². The standard InChI is InChI=1S/C16H20ClN3O/c1-2-6-19-7-5-12(9-19)10-20-11-18-15-8-13(17)3-4-14(15)16(20)21/h3-4,8,11-12H,2,5-7,9-10H2,1H3/t12-/m0/s1. The Kier molecular flexibility index (Phi) is 4.27. The van der Waals surface area contributed by atoms with Crippen LogP contribution in [0, 0.1) is 5.92 Å². The normalized spacial score (nSPS) is 19.4. The molecule has 0 saturated carbocycles. The zero-order valence-corrected chi connectivity index (χ0v) is 13.0. The van der Waals surface area contributed by atoms with Crippen molar-refractivity contribution in [1.82, 2.24) is 14.5 Å². The van der Waals surface area contributed by atoms with Crippen molar-refractivity contribution in [2.24, 2.45) is 5.92 Å². The number of hydrogen-bond donors (Lipinski definition) is 0. The molecular formula is C16H20ClN3O. The smallest absolute Gasteiger partial charge is 0.261 e. The molecular weight excluding hydrogens is 286 g/mol. The van der Waals surface area contributed by atoms with Gasteiger partial charge in [0.05, 0.1) is 17.2 Å². The van der Waals surface area contributed by atoms with Crippen LogP contribution in [-0.4, -0.2) is 34.1 Å². The molecule has 0 bridgehead atoms. The zero-order valence-electron chi connectivity index (χ0n) is 12.3. The van der Waals surface area contributed by atoms with Gasteiger partial charge in [-0.25, -0.2) is 4.98 Å². The minimum Gasteiger partial charge on any atom is -0.303 e. The van der Waals surface area contributed by atoms with Crippen LogP contribution in [0.3, 0.4) is 0 Å². The number of nitrogens with zero attached hydrogens (tertiary/aromatic N) is 3. The summed E-state index contributed by atoms with van der Waals surface area (Å²) in [7, 11) is 0. The van der Waals surface area contributed by atoms with Gasteiger partial charge in [-0.3, -0.25) is 9.36 Å². The van der Waals surface area contributed by atoms with E-state index in [0.29, 0.717) is 21.8 Å². The van der Waals surface area contributed by atoms with Crippen molar-refractivity contribution in [3.05, 3.63) is 39.9 Å². The third kappa shape index (κ3) is 3.11. The van der Waals surface area contributed by atoms with Gasteiger partial charge in [-0.2, -0.15) is 0 Å². The van der Waals surface area contributed by atoms with Crippen LogP contribution in [0.15, 0.2) is 29.3 Å². The Hall–Kier alpha value is -1.39. The quantitative estimate of drug-likeness (QED) is 0.872. The Balaban J connectivity index is 1.80. The molecule has 1 aromatic carbocycles. The number of benzene rings is 1. The van der Waals surface area contributed by atoms with E-state index in [2.05, 4.69) is 16.8 Å². The highest BCUT2D eigenvalue weighted by Crippen LogP contribution is 2.18. The van der Waals surface area contributed by atoms with Gasteiger partial charge in [-0.1, -0.05) is 18.5 Å². The fraction of sp³-hybridized carbons (Fsp3) is 0.500. The molecule has 0 spiro atoms. The number of hydrogen-bond acceptors (Lipinski definition) is 3. The largest absolute Gasteiger partial charge is 0.303 e. The summed E-state index contributed by atoms with van der Waals surface area (Å²) < 4.78 is 1.75. The first-order valence-electron chi connectivity index (χ1n) is 7.54. The predicted molar refractivity (Wildman–Crippen MR) is 85.9 cm³/mol. The van der Waals surface area contributed by atoms with Gasteiger partial charge in [-0.15, -0.1) is 0 Å². The molecule has 5 heteroatoms. The van der Waals surface area contributed by atoms with E-state index >= 15 is 0 Å². The molecule has 1 atom stereocenters. The summed E-state index contributed by atoms with van der Waals surface area (Å²) in [5.74, 6) is 0.542. The van der Waals surface area contributed by atoms with E-state index in [0.717, 1.165) is 32.6 Å². The van der Waals surface area contributed by atoms with Crippen molar-refractivity contribution in [3.8, 4) is 0 Å². The van der Waals surface area contributed by atoms with Gasteiger partial charge in [0.15, 0.2) is 0 Å². The summed E-state index contributed by atoms with van der Waals surface area (Å²) in [6, 6.07) is 5.25. The summed E-state index contributed by atoms with van der Waals surface area (Å²) in [5, 5.41) is 1.25. The summed E-state index contributed by atoms with van der Waals surface area (Å²) in [6.45, 7) is 6.34. The molecule has 3 rings (SSSR count). The first kappa shape index (κ1) is 14.5. The molecule has 0 unspecified atom stereocenters. The van der Waals surface area contributed by atoms with E-state index in [1.165, 1.54) is 6.42 Å². The molecule has 1 saturated heterocycles. The Morgan fingerprint density at radius 1 is 1.43 bits per heavy atom. The maximum Gasteiger partial charge on any atom is 0.261 e. The zero-order chi connectivity index (χ0) is 14.8. The summed E-state index contributed by atoms with van der Waals surface area (Å²) in [4.78, 5) is 19.3.